The van der Waals surface area contributed by atoms with Crippen molar-refractivity contribution in [2.75, 3.05) is 4.90 Å². The number of benzene rings is 4. The van der Waals surface area contributed by atoms with Crippen LogP contribution in [0.1, 0.15) is 49.7 Å². The number of nitrogens with zero attached hydrogens (tertiary/aromatic N) is 1. The highest BCUT2D eigenvalue weighted by Gasteiger charge is 2.51. The molecule has 1 heterocycles. The van der Waals surface area contributed by atoms with Crippen molar-refractivity contribution in [2.24, 2.45) is 17.8 Å². The minimum Gasteiger partial charge on any atom is -0.273 e. The first-order chi connectivity index (χ1) is 19.5. The maximum Gasteiger partial charge on any atom is 0.335 e. The number of imide groups is 2. The van der Waals surface area contributed by atoms with E-state index in [4.69, 9.17) is 0 Å². The van der Waals surface area contributed by atoms with Gasteiger partial charge in [0.15, 0.2) is 0 Å². The summed E-state index contributed by atoms with van der Waals surface area (Å²) in [6, 6.07) is 25.2. The summed E-state index contributed by atoms with van der Waals surface area (Å²) in [5.74, 6) is 1.24. The van der Waals surface area contributed by atoms with E-state index in [2.05, 4.69) is 23.5 Å². The van der Waals surface area contributed by atoms with Gasteiger partial charge >= 0.3 is 6.03 Å². The van der Waals surface area contributed by atoms with E-state index in [1.54, 1.807) is 6.08 Å². The lowest BCUT2D eigenvalue weighted by molar-refractivity contribution is -0.122. The molecule has 4 aromatic rings. The van der Waals surface area contributed by atoms with E-state index in [0.29, 0.717) is 5.69 Å². The molecule has 1 N–H and O–H groups in total. The Morgan fingerprint density at radius 3 is 1.85 bits per heavy atom. The van der Waals surface area contributed by atoms with Gasteiger partial charge in [-0.3, -0.25) is 14.9 Å². The van der Waals surface area contributed by atoms with Crippen LogP contribution in [0.15, 0.2) is 84.4 Å². The van der Waals surface area contributed by atoms with Gasteiger partial charge in [-0.15, -0.1) is 0 Å². The molecule has 5 aliphatic rings. The Balaban J connectivity index is 1.17. The molecule has 4 aromatic carbocycles. The highest BCUT2D eigenvalue weighted by atomic mass is 16.2. The Hall–Kier alpha value is -4.25. The van der Waals surface area contributed by atoms with Gasteiger partial charge in [-0.05, 0) is 119 Å². The second-order valence-electron chi connectivity index (χ2n) is 12.4. The zero-order chi connectivity index (χ0) is 27.0. The van der Waals surface area contributed by atoms with Crippen molar-refractivity contribution in [1.29, 1.82) is 0 Å². The number of amides is 4. The highest BCUT2D eigenvalue weighted by Crippen LogP contribution is 2.60. The molecule has 5 nitrogen and oxygen atoms in total. The maximum atomic E-state index is 13.8. The molecular formula is C35H30N2O3. The third-order valence-electron chi connectivity index (χ3n) is 9.98. The number of rotatable bonds is 3. The molecule has 4 saturated carbocycles. The Labute approximate surface area is 232 Å². The van der Waals surface area contributed by atoms with Crippen molar-refractivity contribution in [2.45, 2.75) is 43.9 Å². The fraction of sp³-hybridized carbons (Fsp3) is 0.286. The van der Waals surface area contributed by atoms with Crippen LogP contribution in [-0.2, 0) is 15.0 Å². The van der Waals surface area contributed by atoms with E-state index < -0.39 is 17.8 Å². The molecule has 5 fully saturated rings. The van der Waals surface area contributed by atoms with Crippen LogP contribution in [0.5, 0.6) is 0 Å². The topological polar surface area (TPSA) is 66.5 Å². The number of hydrogen-bond donors (Lipinski definition) is 1. The summed E-state index contributed by atoms with van der Waals surface area (Å²) in [4.78, 5) is 40.9. The van der Waals surface area contributed by atoms with E-state index in [1.807, 2.05) is 60.7 Å². The molecule has 1 saturated heterocycles. The third-order valence-corrected chi connectivity index (χ3v) is 9.98. The van der Waals surface area contributed by atoms with Crippen molar-refractivity contribution in [3.63, 3.8) is 0 Å². The molecule has 4 bridgehead atoms. The smallest absolute Gasteiger partial charge is 0.273 e. The lowest BCUT2D eigenvalue weighted by Crippen LogP contribution is -2.54. The molecule has 0 atom stereocenters. The monoisotopic (exact) mass is 526 g/mol. The van der Waals surface area contributed by atoms with Crippen LogP contribution >= 0.6 is 0 Å². The van der Waals surface area contributed by atoms with Gasteiger partial charge in [-0.2, -0.15) is 0 Å². The molecule has 5 heteroatoms. The first-order valence-electron chi connectivity index (χ1n) is 14.4. The number of fused-ring (bicyclic) bond motifs is 2. The standard InChI is InChI=1S/C35H30N2O3/c38-32-31(17-30-28-7-3-1-5-24(28)16-25-6-2-4-8-29(25)30)33(39)37(34(40)36-32)27-11-9-26(10-12-27)35-18-21-13-22(19-35)15-23(14-21)20-35/h1-12,16-17,21-23H,13-15,18-20H2,(H,36,38,40)/b31-17+. The van der Waals surface area contributed by atoms with Crippen LogP contribution in [0.3, 0.4) is 0 Å². The molecular weight excluding hydrogens is 496 g/mol. The van der Waals surface area contributed by atoms with Crippen molar-refractivity contribution >= 4 is 51.2 Å². The Morgan fingerprint density at radius 1 is 0.725 bits per heavy atom. The van der Waals surface area contributed by atoms with E-state index in [9.17, 15) is 14.4 Å². The number of barbiturate groups is 1. The number of carbonyl (C=O) groups excluding carboxylic acids is 3. The summed E-state index contributed by atoms with van der Waals surface area (Å²) < 4.78 is 0. The number of carbonyl (C=O) groups is 3. The average molecular weight is 527 g/mol. The van der Waals surface area contributed by atoms with Gasteiger partial charge in [0.05, 0.1) is 5.69 Å². The van der Waals surface area contributed by atoms with Gasteiger partial charge in [0.25, 0.3) is 11.8 Å². The Kier molecular flexibility index (Phi) is 5.09. The molecule has 40 heavy (non-hydrogen) atoms. The molecule has 0 unspecified atom stereocenters. The third kappa shape index (κ3) is 3.57. The summed E-state index contributed by atoms with van der Waals surface area (Å²) in [5, 5.41) is 6.33. The minimum absolute atomic E-state index is 0.0498. The van der Waals surface area contributed by atoms with Gasteiger partial charge in [0, 0.05) is 0 Å². The maximum absolute atomic E-state index is 13.8. The molecule has 4 aliphatic carbocycles. The molecule has 0 spiro atoms. The quantitative estimate of drug-likeness (QED) is 0.175. The Morgan fingerprint density at radius 2 is 1.27 bits per heavy atom. The van der Waals surface area contributed by atoms with Crippen molar-refractivity contribution in [3.05, 3.63) is 95.6 Å². The number of nitrogens with one attached hydrogen (secondary N) is 1. The van der Waals surface area contributed by atoms with Crippen LogP contribution in [0.4, 0.5) is 10.5 Å². The van der Waals surface area contributed by atoms with Crippen LogP contribution < -0.4 is 10.2 Å². The molecule has 0 aromatic heterocycles. The molecule has 198 valence electrons. The lowest BCUT2D eigenvalue weighted by atomic mass is 9.48. The summed E-state index contributed by atoms with van der Waals surface area (Å²) in [5.41, 5.74) is 2.79. The second kappa shape index (κ2) is 8.62. The fourth-order valence-corrected chi connectivity index (χ4v) is 8.67. The molecule has 9 rings (SSSR count). The van der Waals surface area contributed by atoms with Crippen LogP contribution in [0, 0.1) is 17.8 Å². The largest absolute Gasteiger partial charge is 0.335 e. The van der Waals surface area contributed by atoms with Crippen molar-refractivity contribution < 1.29 is 14.4 Å². The SMILES string of the molecule is O=C1NC(=O)N(c2ccc(C34CC5CC(CC(C5)C3)C4)cc2)C(=O)/C1=C/c1c2ccccc2cc2ccccc12. The minimum atomic E-state index is -0.711. The normalized spacial score (nSPS) is 28.6. The highest BCUT2D eigenvalue weighted by molar-refractivity contribution is 6.39. The van der Waals surface area contributed by atoms with E-state index in [1.165, 1.54) is 44.1 Å². The number of anilines is 1. The molecule has 4 amide bonds. The molecule has 1 aliphatic heterocycles. The van der Waals surface area contributed by atoms with Gasteiger partial charge in [-0.25, -0.2) is 9.69 Å². The van der Waals surface area contributed by atoms with E-state index >= 15 is 0 Å². The fourth-order valence-electron chi connectivity index (χ4n) is 8.67. The zero-order valence-electron chi connectivity index (χ0n) is 22.2. The van der Waals surface area contributed by atoms with E-state index in [-0.39, 0.29) is 11.0 Å². The number of hydrogen-bond acceptors (Lipinski definition) is 3. The van der Waals surface area contributed by atoms with Gasteiger partial charge < -0.3 is 0 Å². The second-order valence-corrected chi connectivity index (χ2v) is 12.4. The van der Waals surface area contributed by atoms with Gasteiger partial charge in [0.1, 0.15) is 5.57 Å². The van der Waals surface area contributed by atoms with Crippen molar-refractivity contribution in [1.82, 2.24) is 5.32 Å². The first-order valence-corrected chi connectivity index (χ1v) is 14.4. The van der Waals surface area contributed by atoms with Crippen molar-refractivity contribution in [3.8, 4) is 0 Å². The number of urea groups is 1. The van der Waals surface area contributed by atoms with Gasteiger partial charge in [0.2, 0.25) is 0 Å². The predicted molar refractivity (Wildman–Crippen MR) is 157 cm³/mol. The predicted octanol–water partition coefficient (Wildman–Crippen LogP) is 7.13. The average Bonchev–Trinajstić information content (AvgIpc) is 2.94. The van der Waals surface area contributed by atoms with Crippen LogP contribution in [-0.4, -0.2) is 17.8 Å². The van der Waals surface area contributed by atoms with Gasteiger partial charge in [-0.1, -0.05) is 60.7 Å². The Bertz CT molecular complexity index is 1680. The van der Waals surface area contributed by atoms with E-state index in [0.717, 1.165) is 49.8 Å². The summed E-state index contributed by atoms with van der Waals surface area (Å²) in [6.45, 7) is 0. The van der Waals surface area contributed by atoms with Crippen LogP contribution in [0.25, 0.3) is 27.6 Å². The zero-order valence-corrected chi connectivity index (χ0v) is 22.2. The van der Waals surface area contributed by atoms with Crippen LogP contribution in [0.2, 0.25) is 0 Å². The summed E-state index contributed by atoms with van der Waals surface area (Å²) in [7, 11) is 0. The molecule has 0 radical (unpaired) electrons. The first kappa shape index (κ1) is 23.6. The summed E-state index contributed by atoms with van der Waals surface area (Å²) >= 11 is 0. The lowest BCUT2D eigenvalue weighted by Gasteiger charge is -2.57. The summed E-state index contributed by atoms with van der Waals surface area (Å²) in [6.07, 6.45) is 9.55.